The molecule has 2 bridgehead atoms. The summed E-state index contributed by atoms with van der Waals surface area (Å²) in [6.45, 7) is 2.60. The minimum atomic E-state index is -1.15. The largest absolute Gasteiger partial charge is 0.478 e. The summed E-state index contributed by atoms with van der Waals surface area (Å²) in [5, 5.41) is 16.4. The van der Waals surface area contributed by atoms with Crippen molar-refractivity contribution in [3.63, 3.8) is 0 Å². The molecule has 1 saturated carbocycles. The molecule has 7 nitrogen and oxygen atoms in total. The summed E-state index contributed by atoms with van der Waals surface area (Å²) in [5.74, 6) is -0.287. The maximum absolute atomic E-state index is 14.7. The third-order valence-corrected chi connectivity index (χ3v) is 9.38. The Balaban J connectivity index is 1.06. The highest BCUT2D eigenvalue weighted by Crippen LogP contribution is 2.46. The minimum absolute atomic E-state index is 0.0710. The van der Waals surface area contributed by atoms with Gasteiger partial charge in [-0.2, -0.15) is 0 Å². The van der Waals surface area contributed by atoms with Crippen molar-refractivity contribution in [2.45, 2.75) is 76.2 Å². The third kappa shape index (κ3) is 4.61. The van der Waals surface area contributed by atoms with Gasteiger partial charge >= 0.3 is 5.97 Å². The van der Waals surface area contributed by atoms with Gasteiger partial charge in [0.15, 0.2) is 5.13 Å². The third-order valence-electron chi connectivity index (χ3n) is 8.53. The van der Waals surface area contributed by atoms with E-state index < -0.39 is 11.8 Å². The van der Waals surface area contributed by atoms with E-state index >= 15 is 0 Å². The van der Waals surface area contributed by atoms with E-state index in [4.69, 9.17) is 19.4 Å². The van der Waals surface area contributed by atoms with Crippen molar-refractivity contribution in [3.8, 4) is 22.5 Å². The van der Waals surface area contributed by atoms with Gasteiger partial charge in [-0.05, 0) is 69.2 Å². The molecular weight excluding hydrogens is 529 g/mol. The predicted molar refractivity (Wildman–Crippen MR) is 150 cm³/mol. The molecule has 0 radical (unpaired) electrons. The number of aromatic nitrogens is 2. The molecule has 7 rings (SSSR count). The van der Waals surface area contributed by atoms with Gasteiger partial charge in [-0.25, -0.2) is 14.2 Å². The molecule has 2 saturated heterocycles. The van der Waals surface area contributed by atoms with Gasteiger partial charge in [-0.15, -0.1) is 11.3 Å². The van der Waals surface area contributed by atoms with E-state index in [1.165, 1.54) is 29.0 Å². The van der Waals surface area contributed by atoms with E-state index in [9.17, 15) is 9.18 Å². The van der Waals surface area contributed by atoms with Gasteiger partial charge in [0.1, 0.15) is 17.3 Å². The average Bonchev–Trinajstić information content (AvgIpc) is 3.42. The Morgan fingerprint density at radius 2 is 1.90 bits per heavy atom. The Labute approximate surface area is 235 Å². The fourth-order valence-corrected chi connectivity index (χ4v) is 7.28. The second-order valence-electron chi connectivity index (χ2n) is 11.2. The van der Waals surface area contributed by atoms with Crippen LogP contribution in [0.4, 0.5) is 9.52 Å². The molecule has 40 heavy (non-hydrogen) atoms. The van der Waals surface area contributed by atoms with Crippen LogP contribution in [-0.2, 0) is 11.3 Å². The molecule has 2 aromatic heterocycles. The summed E-state index contributed by atoms with van der Waals surface area (Å²) in [7, 11) is 0. The molecule has 4 heterocycles. The lowest BCUT2D eigenvalue weighted by molar-refractivity contribution is 0.0147. The Bertz CT molecular complexity index is 1560. The number of carbonyl (C=O) groups is 1. The topological polar surface area (TPSA) is 88.7 Å². The molecular formula is C31H30FN3O4S. The Morgan fingerprint density at radius 1 is 1.12 bits per heavy atom. The molecule has 9 heteroatoms. The minimum Gasteiger partial charge on any atom is -0.478 e. The number of fused-ring (bicyclic) bond motifs is 2. The Hall–Kier alpha value is -3.56. The second kappa shape index (κ2) is 10.1. The number of ether oxygens (including phenoxy) is 1. The van der Waals surface area contributed by atoms with Crippen molar-refractivity contribution in [2.24, 2.45) is 0 Å². The normalized spacial score (nSPS) is 22.1. The fraction of sp³-hybridized carbons (Fsp3) is 0.387. The number of rotatable bonds is 8. The van der Waals surface area contributed by atoms with Crippen molar-refractivity contribution < 1.29 is 23.6 Å². The summed E-state index contributed by atoms with van der Waals surface area (Å²) in [4.78, 5) is 18.3. The van der Waals surface area contributed by atoms with Crippen molar-refractivity contribution in [1.29, 1.82) is 0 Å². The lowest BCUT2D eigenvalue weighted by Gasteiger charge is -2.38. The van der Waals surface area contributed by atoms with Crippen molar-refractivity contribution in [1.82, 2.24) is 10.1 Å². The monoisotopic (exact) mass is 559 g/mol. The zero-order valence-corrected chi connectivity index (χ0v) is 23.0. The SMILES string of the molecule is Cc1ccccc1-c1noc(C2CC2)c1COC1C[C@H]2CC[C@@H](C1)N2c1nc(-c2ccc(C(=O)O)cc2F)cs1. The summed E-state index contributed by atoms with van der Waals surface area (Å²) >= 11 is 1.51. The van der Waals surface area contributed by atoms with Gasteiger partial charge in [0.25, 0.3) is 0 Å². The molecule has 3 aliphatic rings. The fourth-order valence-electron chi connectivity index (χ4n) is 6.32. The molecule has 4 aromatic rings. The number of carboxylic acids is 1. The number of hydrogen-bond acceptors (Lipinski definition) is 7. The number of hydrogen-bond donors (Lipinski definition) is 1. The van der Waals surface area contributed by atoms with Crippen LogP contribution in [0.1, 0.15) is 71.7 Å². The lowest BCUT2D eigenvalue weighted by atomic mass is 9.99. The highest BCUT2D eigenvalue weighted by Gasteiger charge is 2.43. The molecule has 2 aromatic carbocycles. The van der Waals surface area contributed by atoms with Crippen LogP contribution in [0.2, 0.25) is 0 Å². The number of carboxylic acid groups (broad SMARTS) is 1. The van der Waals surface area contributed by atoms with Crippen LogP contribution < -0.4 is 4.90 Å². The number of halogens is 1. The van der Waals surface area contributed by atoms with Crippen molar-refractivity contribution in [3.05, 3.63) is 76.1 Å². The molecule has 0 spiro atoms. The number of aryl methyl sites for hydroxylation is 1. The smallest absolute Gasteiger partial charge is 0.335 e. The highest BCUT2D eigenvalue weighted by molar-refractivity contribution is 7.14. The van der Waals surface area contributed by atoms with Gasteiger partial charge < -0.3 is 19.3 Å². The molecule has 1 N–H and O–H groups in total. The van der Waals surface area contributed by atoms with Crippen molar-refractivity contribution in [2.75, 3.05) is 4.90 Å². The number of piperidine rings is 1. The zero-order chi connectivity index (χ0) is 27.4. The van der Waals surface area contributed by atoms with Gasteiger partial charge in [0, 0.05) is 40.1 Å². The second-order valence-corrected chi connectivity index (χ2v) is 12.0. The first-order valence-corrected chi connectivity index (χ1v) is 14.8. The molecule has 1 aliphatic carbocycles. The number of thiazole rings is 1. The van der Waals surface area contributed by atoms with E-state index in [2.05, 4.69) is 29.1 Å². The number of aromatic carboxylic acids is 1. The van der Waals surface area contributed by atoms with Crippen LogP contribution in [0.5, 0.6) is 0 Å². The summed E-state index contributed by atoms with van der Waals surface area (Å²) < 4.78 is 27.1. The van der Waals surface area contributed by atoms with Gasteiger partial charge in [-0.3, -0.25) is 0 Å². The summed E-state index contributed by atoms with van der Waals surface area (Å²) in [5.41, 5.74) is 5.05. The van der Waals surface area contributed by atoms with Gasteiger partial charge in [-0.1, -0.05) is 29.4 Å². The quantitative estimate of drug-likeness (QED) is 0.244. The number of anilines is 1. The molecule has 1 unspecified atom stereocenters. The average molecular weight is 560 g/mol. The first-order chi connectivity index (χ1) is 19.5. The maximum atomic E-state index is 14.7. The predicted octanol–water partition coefficient (Wildman–Crippen LogP) is 7.20. The Kier molecular flexibility index (Phi) is 6.43. The molecule has 2 aliphatic heterocycles. The molecule has 206 valence electrons. The zero-order valence-electron chi connectivity index (χ0n) is 22.2. The van der Waals surface area contributed by atoms with Gasteiger partial charge in [0.2, 0.25) is 0 Å². The highest BCUT2D eigenvalue weighted by atomic mass is 32.1. The number of benzene rings is 2. The number of nitrogens with zero attached hydrogens (tertiary/aromatic N) is 3. The van der Waals surface area contributed by atoms with Crippen LogP contribution in [0.15, 0.2) is 52.4 Å². The Morgan fingerprint density at radius 3 is 2.60 bits per heavy atom. The first-order valence-electron chi connectivity index (χ1n) is 13.9. The first kappa shape index (κ1) is 25.4. The van der Waals surface area contributed by atoms with E-state index in [0.29, 0.717) is 35.9 Å². The summed E-state index contributed by atoms with van der Waals surface area (Å²) in [6.07, 6.45) is 6.41. The van der Waals surface area contributed by atoms with Crippen LogP contribution in [0.25, 0.3) is 22.5 Å². The maximum Gasteiger partial charge on any atom is 0.335 e. The van der Waals surface area contributed by atoms with E-state index in [1.54, 1.807) is 0 Å². The van der Waals surface area contributed by atoms with E-state index in [1.807, 2.05) is 17.5 Å². The standard InChI is InChI=1S/C31H30FN3O4S/c1-17-4-2-3-5-23(17)28-25(29(39-34-28)18-6-7-18)15-38-22-13-20-9-10-21(14-22)35(20)31-33-27(16-40-31)24-11-8-19(30(36)37)12-26(24)32/h2-5,8,11-12,16,18,20-22H,6-7,9-10,13-15H2,1H3,(H,36,37)/t20-,21+,22?. The lowest BCUT2D eigenvalue weighted by Crippen LogP contribution is -2.45. The van der Waals surface area contributed by atoms with E-state index in [0.717, 1.165) is 72.3 Å². The molecule has 0 amide bonds. The van der Waals surface area contributed by atoms with Crippen LogP contribution in [0, 0.1) is 12.7 Å². The van der Waals surface area contributed by atoms with E-state index in [-0.39, 0.29) is 11.7 Å². The summed E-state index contributed by atoms with van der Waals surface area (Å²) in [6, 6.07) is 12.9. The van der Waals surface area contributed by atoms with Crippen LogP contribution in [-0.4, -0.2) is 39.4 Å². The molecule has 3 atom stereocenters. The van der Waals surface area contributed by atoms with Crippen molar-refractivity contribution >= 4 is 22.4 Å². The van der Waals surface area contributed by atoms with Crippen LogP contribution in [0.3, 0.4) is 0 Å². The molecule has 3 fully saturated rings. The van der Waals surface area contributed by atoms with Crippen LogP contribution >= 0.6 is 11.3 Å². The van der Waals surface area contributed by atoms with Gasteiger partial charge in [0.05, 0.1) is 24.0 Å².